The molecule has 1 heterocycles. The molecular formula is C21H30FN3O2. The number of nitrogens with zero attached hydrogens (tertiary/aromatic N) is 2. The van der Waals surface area contributed by atoms with Crippen LogP contribution in [0.25, 0.3) is 0 Å². The van der Waals surface area contributed by atoms with Gasteiger partial charge in [0, 0.05) is 33.2 Å². The third-order valence-electron chi connectivity index (χ3n) is 5.79. The minimum atomic E-state index is -0.385. The summed E-state index contributed by atoms with van der Waals surface area (Å²) in [6.07, 6.45) is 6.50. The van der Waals surface area contributed by atoms with Gasteiger partial charge in [-0.3, -0.25) is 14.5 Å². The fourth-order valence-corrected chi connectivity index (χ4v) is 4.18. The topological polar surface area (TPSA) is 52.7 Å². The van der Waals surface area contributed by atoms with Gasteiger partial charge in [0.15, 0.2) is 0 Å². The van der Waals surface area contributed by atoms with Gasteiger partial charge >= 0.3 is 0 Å². The van der Waals surface area contributed by atoms with Gasteiger partial charge in [-0.2, -0.15) is 0 Å². The van der Waals surface area contributed by atoms with Crippen LogP contribution in [0.2, 0.25) is 0 Å². The van der Waals surface area contributed by atoms with Crippen molar-refractivity contribution in [2.24, 2.45) is 5.92 Å². The summed E-state index contributed by atoms with van der Waals surface area (Å²) in [5, 5.41) is 2.91. The lowest BCUT2D eigenvalue weighted by atomic mass is 9.88. The molecule has 1 aromatic carbocycles. The summed E-state index contributed by atoms with van der Waals surface area (Å²) in [6.45, 7) is 2.78. The molecule has 27 heavy (non-hydrogen) atoms. The van der Waals surface area contributed by atoms with Crippen LogP contribution in [0.4, 0.5) is 4.39 Å². The summed E-state index contributed by atoms with van der Waals surface area (Å²) < 4.78 is 13.0. The summed E-state index contributed by atoms with van der Waals surface area (Å²) in [5.41, 5.74) is 0.874. The van der Waals surface area contributed by atoms with Crippen molar-refractivity contribution >= 4 is 11.8 Å². The highest BCUT2D eigenvalue weighted by Crippen LogP contribution is 2.26. The molecule has 0 radical (unpaired) electrons. The highest BCUT2D eigenvalue weighted by atomic mass is 19.1. The minimum Gasteiger partial charge on any atom is -0.353 e. The second kappa shape index (κ2) is 9.31. The van der Waals surface area contributed by atoms with E-state index < -0.39 is 0 Å². The van der Waals surface area contributed by atoms with Crippen molar-refractivity contribution in [3.63, 3.8) is 0 Å². The number of nitrogens with one attached hydrogen (secondary N) is 1. The van der Waals surface area contributed by atoms with Crippen LogP contribution in [0, 0.1) is 11.7 Å². The van der Waals surface area contributed by atoms with Gasteiger partial charge in [-0.25, -0.2) is 4.39 Å². The van der Waals surface area contributed by atoms with E-state index in [4.69, 9.17) is 0 Å². The van der Waals surface area contributed by atoms with Crippen LogP contribution in [0.3, 0.4) is 0 Å². The van der Waals surface area contributed by atoms with Crippen molar-refractivity contribution in [3.05, 3.63) is 35.6 Å². The Kier molecular flexibility index (Phi) is 6.83. The molecule has 148 valence electrons. The summed E-state index contributed by atoms with van der Waals surface area (Å²) in [7, 11) is 1.73. The molecule has 6 heteroatoms. The first-order valence-corrected chi connectivity index (χ1v) is 10.0. The third kappa shape index (κ3) is 5.51. The summed E-state index contributed by atoms with van der Waals surface area (Å²) in [5.74, 6) is 0.250. The second-order valence-corrected chi connectivity index (χ2v) is 7.89. The van der Waals surface area contributed by atoms with E-state index in [1.54, 1.807) is 24.1 Å². The van der Waals surface area contributed by atoms with Crippen molar-refractivity contribution in [2.45, 2.75) is 51.1 Å². The smallest absolute Gasteiger partial charge is 0.237 e. The maximum atomic E-state index is 13.0. The Bertz CT molecular complexity index is 643. The lowest BCUT2D eigenvalue weighted by Crippen LogP contribution is -2.57. The van der Waals surface area contributed by atoms with Crippen molar-refractivity contribution in [3.8, 4) is 0 Å². The summed E-state index contributed by atoms with van der Waals surface area (Å²) in [4.78, 5) is 29.0. The fourth-order valence-electron chi connectivity index (χ4n) is 4.18. The Morgan fingerprint density at radius 1 is 1.22 bits per heavy atom. The number of piperazine rings is 1. The predicted octanol–water partition coefficient (Wildman–Crippen LogP) is 2.55. The highest BCUT2D eigenvalue weighted by molar-refractivity contribution is 5.88. The average Bonchev–Trinajstić information content (AvgIpc) is 2.67. The Labute approximate surface area is 160 Å². The van der Waals surface area contributed by atoms with Gasteiger partial charge in [0.1, 0.15) is 5.82 Å². The molecule has 2 fully saturated rings. The normalized spacial score (nSPS) is 21.7. The van der Waals surface area contributed by atoms with Gasteiger partial charge in [-0.15, -0.1) is 0 Å². The van der Waals surface area contributed by atoms with Gasteiger partial charge < -0.3 is 10.2 Å². The van der Waals surface area contributed by atoms with Crippen molar-refractivity contribution in [2.75, 3.05) is 26.7 Å². The molecule has 1 atom stereocenters. The van der Waals surface area contributed by atoms with Gasteiger partial charge in [0.25, 0.3) is 0 Å². The van der Waals surface area contributed by atoms with E-state index in [0.29, 0.717) is 19.0 Å². The molecule has 1 saturated carbocycles. The first-order valence-electron chi connectivity index (χ1n) is 10.0. The van der Waals surface area contributed by atoms with Crippen molar-refractivity contribution in [1.29, 1.82) is 0 Å². The minimum absolute atomic E-state index is 0.0411. The molecule has 0 unspecified atom stereocenters. The molecule has 1 N–H and O–H groups in total. The monoisotopic (exact) mass is 375 g/mol. The van der Waals surface area contributed by atoms with Crippen LogP contribution in [0.5, 0.6) is 0 Å². The molecular weight excluding hydrogens is 345 g/mol. The van der Waals surface area contributed by atoms with Crippen LogP contribution in [-0.4, -0.2) is 54.3 Å². The van der Waals surface area contributed by atoms with E-state index in [1.165, 1.54) is 44.2 Å². The van der Waals surface area contributed by atoms with Crippen molar-refractivity contribution in [1.82, 2.24) is 15.1 Å². The number of halogens is 1. The molecule has 2 amide bonds. The van der Waals surface area contributed by atoms with Gasteiger partial charge in [0.05, 0.1) is 12.5 Å². The number of benzene rings is 1. The molecule has 0 aromatic heterocycles. The molecule has 1 aromatic rings. The number of rotatable bonds is 6. The summed E-state index contributed by atoms with van der Waals surface area (Å²) in [6, 6.07) is 5.77. The second-order valence-electron chi connectivity index (χ2n) is 7.89. The van der Waals surface area contributed by atoms with Crippen LogP contribution in [0.1, 0.15) is 44.1 Å². The zero-order chi connectivity index (χ0) is 19.2. The molecule has 2 aliphatic rings. The molecule has 0 spiro atoms. The fraction of sp³-hybridized carbons (Fsp3) is 0.619. The van der Waals surface area contributed by atoms with Crippen LogP contribution < -0.4 is 5.32 Å². The van der Waals surface area contributed by atoms with E-state index in [-0.39, 0.29) is 30.1 Å². The Balaban J connectivity index is 1.58. The molecule has 1 aliphatic carbocycles. The first-order chi connectivity index (χ1) is 13.0. The third-order valence-corrected chi connectivity index (χ3v) is 5.79. The van der Waals surface area contributed by atoms with E-state index in [0.717, 1.165) is 18.7 Å². The lowest BCUT2D eigenvalue weighted by Gasteiger charge is -2.38. The van der Waals surface area contributed by atoms with Crippen LogP contribution in [0.15, 0.2) is 24.3 Å². The lowest BCUT2D eigenvalue weighted by molar-refractivity contribution is -0.138. The summed E-state index contributed by atoms with van der Waals surface area (Å²) >= 11 is 0. The van der Waals surface area contributed by atoms with E-state index in [1.807, 2.05) is 0 Å². The quantitative estimate of drug-likeness (QED) is 0.831. The van der Waals surface area contributed by atoms with Crippen molar-refractivity contribution < 1.29 is 14.0 Å². The number of carbonyl (C=O) groups is 2. The molecule has 1 saturated heterocycles. The number of hydrogen-bond donors (Lipinski definition) is 1. The van der Waals surface area contributed by atoms with E-state index in [9.17, 15) is 14.0 Å². The Morgan fingerprint density at radius 3 is 2.63 bits per heavy atom. The standard InChI is InChI=1S/C21H30FN3O2/c1-24(14-17-7-9-18(22)10-8-17)20(26)13-19-21(27)23-11-12-25(19)15-16-5-3-2-4-6-16/h7-10,16,19H,2-6,11-15H2,1H3,(H,23,27)/t19-/m0/s1. The van der Waals surface area contributed by atoms with E-state index in [2.05, 4.69) is 10.2 Å². The SMILES string of the molecule is CN(Cc1ccc(F)cc1)C(=O)C[C@H]1C(=O)NCCN1CC1CCCCC1. The molecule has 0 bridgehead atoms. The number of hydrogen-bond acceptors (Lipinski definition) is 3. The van der Waals surface area contributed by atoms with Gasteiger partial charge in [-0.05, 0) is 36.5 Å². The first kappa shape index (κ1) is 19.8. The van der Waals surface area contributed by atoms with Crippen LogP contribution >= 0.6 is 0 Å². The van der Waals surface area contributed by atoms with Gasteiger partial charge in [0.2, 0.25) is 11.8 Å². The Morgan fingerprint density at radius 2 is 1.93 bits per heavy atom. The Hall–Kier alpha value is -1.95. The molecule has 3 rings (SSSR count). The molecule has 5 nitrogen and oxygen atoms in total. The number of carbonyl (C=O) groups excluding carboxylic acids is 2. The predicted molar refractivity (Wildman–Crippen MR) is 102 cm³/mol. The zero-order valence-electron chi connectivity index (χ0n) is 16.1. The number of amides is 2. The average molecular weight is 375 g/mol. The zero-order valence-corrected chi connectivity index (χ0v) is 16.1. The maximum Gasteiger partial charge on any atom is 0.237 e. The van der Waals surface area contributed by atoms with Gasteiger partial charge in [-0.1, -0.05) is 31.4 Å². The van der Waals surface area contributed by atoms with Crippen LogP contribution in [-0.2, 0) is 16.1 Å². The van der Waals surface area contributed by atoms with E-state index >= 15 is 0 Å². The maximum absolute atomic E-state index is 13.0. The molecule has 1 aliphatic heterocycles. The highest BCUT2D eigenvalue weighted by Gasteiger charge is 2.33. The largest absolute Gasteiger partial charge is 0.353 e.